The Bertz CT molecular complexity index is 835. The number of nitrogens with one attached hydrogen (secondary N) is 1. The highest BCUT2D eigenvalue weighted by molar-refractivity contribution is 6.04. The highest BCUT2D eigenvalue weighted by Gasteiger charge is 2.38. The Morgan fingerprint density at radius 2 is 1.88 bits per heavy atom. The zero-order valence-corrected chi connectivity index (χ0v) is 14.7. The summed E-state index contributed by atoms with van der Waals surface area (Å²) in [7, 11) is 0. The molecule has 0 saturated carbocycles. The number of amides is 1. The van der Waals surface area contributed by atoms with Crippen molar-refractivity contribution in [3.8, 4) is 0 Å². The number of hydrogen-bond donors (Lipinski definition) is 1. The van der Waals surface area contributed by atoms with E-state index in [1.54, 1.807) is 0 Å². The Hall–Kier alpha value is -2.08. The molecule has 2 fully saturated rings. The number of aryl methyl sites for hydroxylation is 2. The van der Waals surface area contributed by atoms with Crippen LogP contribution in [0.25, 0.3) is 11.0 Å². The van der Waals surface area contributed by atoms with Gasteiger partial charge in [0, 0.05) is 25.7 Å². The lowest BCUT2D eigenvalue weighted by atomic mass is 9.78. The summed E-state index contributed by atoms with van der Waals surface area (Å²) >= 11 is 0. The van der Waals surface area contributed by atoms with Crippen LogP contribution in [0.5, 0.6) is 0 Å². The van der Waals surface area contributed by atoms with Crippen LogP contribution in [-0.2, 0) is 0 Å². The third-order valence-corrected chi connectivity index (χ3v) is 5.82. The largest absolute Gasteiger partial charge is 0.339 e. The van der Waals surface area contributed by atoms with Crippen LogP contribution in [0.2, 0.25) is 0 Å². The van der Waals surface area contributed by atoms with E-state index in [-0.39, 0.29) is 5.91 Å². The van der Waals surface area contributed by atoms with Gasteiger partial charge in [-0.1, -0.05) is 0 Å². The molecule has 5 nitrogen and oxygen atoms in total. The second kappa shape index (κ2) is 6.02. The highest BCUT2D eigenvalue weighted by Crippen LogP contribution is 2.37. The van der Waals surface area contributed by atoms with E-state index in [0.29, 0.717) is 22.0 Å². The number of likely N-dealkylation sites (tertiary alicyclic amines) is 1. The molecular weight excluding hydrogens is 319 g/mol. The Balaban J connectivity index is 1.65. The summed E-state index contributed by atoms with van der Waals surface area (Å²) in [5, 5.41) is 3.43. The zero-order chi connectivity index (χ0) is 17.6. The number of piperidine rings is 1. The van der Waals surface area contributed by atoms with Gasteiger partial charge in [-0.2, -0.15) is 0 Å². The molecule has 1 aromatic carbocycles. The first-order valence-corrected chi connectivity index (χ1v) is 8.92. The smallest absolute Gasteiger partial charge is 0.256 e. The number of halogens is 1. The first-order chi connectivity index (χ1) is 12.0. The summed E-state index contributed by atoms with van der Waals surface area (Å²) < 4.78 is 14.1. The van der Waals surface area contributed by atoms with Crippen molar-refractivity contribution in [2.45, 2.75) is 33.1 Å². The maximum Gasteiger partial charge on any atom is 0.256 e. The molecular formula is C19H23FN4O. The van der Waals surface area contributed by atoms with Crippen LogP contribution in [0.3, 0.4) is 0 Å². The molecule has 6 heteroatoms. The van der Waals surface area contributed by atoms with Gasteiger partial charge in [-0.15, -0.1) is 0 Å². The van der Waals surface area contributed by atoms with Gasteiger partial charge in [-0.3, -0.25) is 4.79 Å². The molecule has 1 N–H and O–H groups in total. The Kier molecular flexibility index (Phi) is 3.95. The molecule has 0 unspecified atom stereocenters. The maximum absolute atomic E-state index is 14.1. The van der Waals surface area contributed by atoms with E-state index in [1.165, 1.54) is 18.6 Å². The molecule has 0 aliphatic carbocycles. The predicted octanol–water partition coefficient (Wildman–Crippen LogP) is 2.60. The van der Waals surface area contributed by atoms with Gasteiger partial charge in [0.1, 0.15) is 11.3 Å². The van der Waals surface area contributed by atoms with Gasteiger partial charge in [-0.25, -0.2) is 14.4 Å². The van der Waals surface area contributed by atoms with Crippen LogP contribution in [0.4, 0.5) is 4.39 Å². The first-order valence-electron chi connectivity index (χ1n) is 8.92. The van der Waals surface area contributed by atoms with Crippen LogP contribution >= 0.6 is 0 Å². The number of fused-ring (bicyclic) bond motifs is 1. The van der Waals surface area contributed by atoms with Crippen molar-refractivity contribution in [1.29, 1.82) is 0 Å². The number of benzene rings is 1. The van der Waals surface area contributed by atoms with Gasteiger partial charge in [0.05, 0.1) is 22.5 Å². The predicted molar refractivity (Wildman–Crippen MR) is 94.0 cm³/mol. The summed E-state index contributed by atoms with van der Waals surface area (Å²) in [6.07, 6.45) is 3.19. The van der Waals surface area contributed by atoms with E-state index < -0.39 is 5.82 Å². The van der Waals surface area contributed by atoms with Crippen LogP contribution in [-0.4, -0.2) is 47.0 Å². The number of rotatable bonds is 1. The van der Waals surface area contributed by atoms with Gasteiger partial charge < -0.3 is 10.2 Å². The van der Waals surface area contributed by atoms with Crippen molar-refractivity contribution < 1.29 is 9.18 Å². The van der Waals surface area contributed by atoms with E-state index in [2.05, 4.69) is 15.3 Å². The lowest BCUT2D eigenvalue weighted by Gasteiger charge is -2.39. The molecule has 4 rings (SSSR count). The number of carbonyl (C=O) groups is 1. The van der Waals surface area contributed by atoms with E-state index in [4.69, 9.17) is 0 Å². The molecule has 132 valence electrons. The van der Waals surface area contributed by atoms with Crippen molar-refractivity contribution in [2.24, 2.45) is 5.41 Å². The third kappa shape index (κ3) is 2.88. The molecule has 2 aliphatic heterocycles. The minimum Gasteiger partial charge on any atom is -0.339 e. The molecule has 1 amide bonds. The SMILES string of the molecule is Cc1nc2cc(F)cc(C(=O)N3CCC4(CCNC4)CC3)c2nc1C. The normalized spacial score (nSPS) is 19.7. The molecule has 2 aliphatic rings. The summed E-state index contributed by atoms with van der Waals surface area (Å²) in [5.74, 6) is -0.579. The van der Waals surface area contributed by atoms with Crippen LogP contribution in [0.1, 0.15) is 41.0 Å². The molecule has 2 aromatic rings. The van der Waals surface area contributed by atoms with Crippen molar-refractivity contribution in [3.05, 3.63) is 34.9 Å². The van der Waals surface area contributed by atoms with Crippen LogP contribution < -0.4 is 5.32 Å². The molecule has 1 aromatic heterocycles. The second-order valence-corrected chi connectivity index (χ2v) is 7.43. The second-order valence-electron chi connectivity index (χ2n) is 7.43. The Morgan fingerprint density at radius 3 is 2.56 bits per heavy atom. The average molecular weight is 342 g/mol. The van der Waals surface area contributed by atoms with Gasteiger partial charge in [0.2, 0.25) is 0 Å². The molecule has 0 bridgehead atoms. The molecule has 25 heavy (non-hydrogen) atoms. The summed E-state index contributed by atoms with van der Waals surface area (Å²) in [6, 6.07) is 2.65. The van der Waals surface area contributed by atoms with Gasteiger partial charge in [0.25, 0.3) is 5.91 Å². The standard InChI is InChI=1S/C19H23FN4O/c1-12-13(2)23-17-15(9-14(20)10-16(17)22-12)18(25)24-7-4-19(5-8-24)3-6-21-11-19/h9-10,21H,3-8,11H2,1-2H3. The van der Waals surface area contributed by atoms with E-state index >= 15 is 0 Å². The minimum absolute atomic E-state index is 0.136. The molecule has 1 spiro atoms. The first kappa shape index (κ1) is 16.4. The maximum atomic E-state index is 14.1. The van der Waals surface area contributed by atoms with Crippen molar-refractivity contribution in [2.75, 3.05) is 26.2 Å². The van der Waals surface area contributed by atoms with Crippen LogP contribution in [0, 0.1) is 25.1 Å². The van der Waals surface area contributed by atoms with Crippen LogP contribution in [0.15, 0.2) is 12.1 Å². The average Bonchev–Trinajstić information content (AvgIpc) is 3.04. The molecule has 0 radical (unpaired) electrons. The molecule has 0 atom stereocenters. The lowest BCUT2D eigenvalue weighted by molar-refractivity contribution is 0.0609. The lowest BCUT2D eigenvalue weighted by Crippen LogP contribution is -2.44. The van der Waals surface area contributed by atoms with E-state index in [9.17, 15) is 9.18 Å². The minimum atomic E-state index is -0.443. The summed E-state index contributed by atoms with van der Waals surface area (Å²) in [4.78, 5) is 23.8. The quantitative estimate of drug-likeness (QED) is 0.865. The van der Waals surface area contributed by atoms with Gasteiger partial charge in [-0.05, 0) is 51.1 Å². The highest BCUT2D eigenvalue weighted by atomic mass is 19.1. The monoisotopic (exact) mass is 342 g/mol. The number of carbonyl (C=O) groups excluding carboxylic acids is 1. The fourth-order valence-corrected chi connectivity index (χ4v) is 4.04. The number of nitrogens with zero attached hydrogens (tertiary/aromatic N) is 3. The summed E-state index contributed by atoms with van der Waals surface area (Å²) in [6.45, 7) is 7.25. The Morgan fingerprint density at radius 1 is 1.16 bits per heavy atom. The fraction of sp³-hybridized carbons (Fsp3) is 0.526. The van der Waals surface area contributed by atoms with Crippen molar-refractivity contribution >= 4 is 16.9 Å². The number of aromatic nitrogens is 2. The fourth-order valence-electron chi connectivity index (χ4n) is 4.04. The third-order valence-electron chi connectivity index (χ3n) is 5.82. The van der Waals surface area contributed by atoms with Crippen molar-refractivity contribution in [1.82, 2.24) is 20.2 Å². The summed E-state index contributed by atoms with van der Waals surface area (Å²) in [5.41, 5.74) is 3.13. The number of hydrogen-bond acceptors (Lipinski definition) is 4. The van der Waals surface area contributed by atoms with E-state index in [1.807, 2.05) is 18.7 Å². The molecule has 2 saturated heterocycles. The zero-order valence-electron chi connectivity index (χ0n) is 14.7. The Labute approximate surface area is 146 Å². The van der Waals surface area contributed by atoms with Gasteiger partial charge in [0.15, 0.2) is 0 Å². The molecule has 3 heterocycles. The van der Waals surface area contributed by atoms with E-state index in [0.717, 1.165) is 50.4 Å². The van der Waals surface area contributed by atoms with Crippen molar-refractivity contribution in [3.63, 3.8) is 0 Å². The topological polar surface area (TPSA) is 58.1 Å². The van der Waals surface area contributed by atoms with Gasteiger partial charge >= 0.3 is 0 Å².